The van der Waals surface area contributed by atoms with E-state index in [4.69, 9.17) is 4.74 Å². The van der Waals surface area contributed by atoms with E-state index in [9.17, 15) is 4.79 Å². The molecule has 0 atom stereocenters. The summed E-state index contributed by atoms with van der Waals surface area (Å²) in [5.41, 5.74) is -0.377. The van der Waals surface area contributed by atoms with Crippen molar-refractivity contribution < 1.29 is 29.0 Å². The summed E-state index contributed by atoms with van der Waals surface area (Å²) in [6.07, 6.45) is 2.00. The Balaban J connectivity index is 0.00000196. The predicted octanol–water partition coefficient (Wildman–Crippen LogP) is 2.82. The first kappa shape index (κ1) is 15.6. The third kappa shape index (κ3) is 6.05. The van der Waals surface area contributed by atoms with Gasteiger partial charge in [0.25, 0.3) is 0 Å². The topological polar surface area (TPSA) is 29.5 Å². The van der Waals surface area contributed by atoms with Crippen LogP contribution in [0.4, 0.5) is 4.79 Å². The zero-order valence-corrected chi connectivity index (χ0v) is 14.9. The van der Waals surface area contributed by atoms with Gasteiger partial charge in [-0.3, -0.25) is 0 Å². The molecule has 1 heterocycles. The second-order valence-corrected chi connectivity index (χ2v) is 6.40. The van der Waals surface area contributed by atoms with E-state index in [-0.39, 0.29) is 31.2 Å². The first-order chi connectivity index (χ1) is 6.38. The Labute approximate surface area is 118 Å². The van der Waals surface area contributed by atoms with E-state index in [1.54, 1.807) is 4.90 Å². The van der Waals surface area contributed by atoms with Crippen molar-refractivity contribution in [2.45, 2.75) is 43.1 Å². The third-order valence-corrected chi connectivity index (χ3v) is 3.32. The van der Waals surface area contributed by atoms with Crippen LogP contribution in [-0.2, 0) is 24.2 Å². The number of halogens is 1. The molecule has 1 aliphatic rings. The molecule has 0 saturated carbocycles. The SMILES string of the molecule is CC(C)(C)OC(=O)N1CCC(I)CC1.[Zn]. The quantitative estimate of drug-likeness (QED) is 0.370. The van der Waals surface area contributed by atoms with E-state index in [0.717, 1.165) is 25.9 Å². The molecule has 0 spiro atoms. The molecule has 1 saturated heterocycles. The smallest absolute Gasteiger partial charge is 0.410 e. The first-order valence-electron chi connectivity index (χ1n) is 5.00. The average molecular weight is 377 g/mol. The maximum Gasteiger partial charge on any atom is 0.410 e. The van der Waals surface area contributed by atoms with E-state index in [1.807, 2.05) is 20.8 Å². The summed E-state index contributed by atoms with van der Waals surface area (Å²) in [7, 11) is 0. The molecule has 0 aliphatic carbocycles. The minimum absolute atomic E-state index is 0. The molecule has 5 heteroatoms. The van der Waals surface area contributed by atoms with Crippen molar-refractivity contribution in [1.82, 2.24) is 4.90 Å². The third-order valence-electron chi connectivity index (χ3n) is 2.08. The maximum atomic E-state index is 11.6. The number of amides is 1. The molecule has 0 radical (unpaired) electrons. The van der Waals surface area contributed by atoms with Crippen LogP contribution in [0.15, 0.2) is 0 Å². The number of likely N-dealkylation sites (tertiary alicyclic amines) is 1. The van der Waals surface area contributed by atoms with Crippen LogP contribution in [0, 0.1) is 0 Å². The van der Waals surface area contributed by atoms with Crippen molar-refractivity contribution in [3.63, 3.8) is 0 Å². The van der Waals surface area contributed by atoms with Gasteiger partial charge in [-0.1, -0.05) is 22.6 Å². The molecule has 1 rings (SSSR count). The number of nitrogens with zero attached hydrogens (tertiary/aromatic N) is 1. The predicted molar refractivity (Wildman–Crippen MR) is 64.8 cm³/mol. The van der Waals surface area contributed by atoms with Gasteiger partial charge in [0.05, 0.1) is 0 Å². The van der Waals surface area contributed by atoms with E-state index in [2.05, 4.69) is 22.6 Å². The molecule has 1 aliphatic heterocycles. The van der Waals surface area contributed by atoms with E-state index >= 15 is 0 Å². The Hall–Kier alpha value is 0.623. The molecule has 3 nitrogen and oxygen atoms in total. The normalized spacial score (nSPS) is 18.3. The largest absolute Gasteiger partial charge is 0.444 e. The number of carbonyl (C=O) groups excluding carboxylic acids is 1. The molecule has 1 fully saturated rings. The summed E-state index contributed by atoms with van der Waals surface area (Å²) in [4.78, 5) is 13.4. The van der Waals surface area contributed by atoms with Gasteiger partial charge in [0.2, 0.25) is 0 Å². The fourth-order valence-corrected chi connectivity index (χ4v) is 1.91. The summed E-state index contributed by atoms with van der Waals surface area (Å²) < 4.78 is 6.01. The van der Waals surface area contributed by atoms with Gasteiger partial charge >= 0.3 is 6.09 Å². The van der Waals surface area contributed by atoms with Crippen molar-refractivity contribution in [2.75, 3.05) is 13.1 Å². The Kier molecular flexibility index (Phi) is 6.65. The Morgan fingerprint density at radius 2 is 1.80 bits per heavy atom. The van der Waals surface area contributed by atoms with Gasteiger partial charge in [-0.05, 0) is 33.6 Å². The average Bonchev–Trinajstić information content (AvgIpc) is 2.02. The van der Waals surface area contributed by atoms with Crippen LogP contribution < -0.4 is 0 Å². The van der Waals surface area contributed by atoms with Gasteiger partial charge < -0.3 is 9.64 Å². The molecule has 1 amide bonds. The minimum atomic E-state index is -0.377. The summed E-state index contributed by atoms with van der Waals surface area (Å²) in [6.45, 7) is 7.37. The van der Waals surface area contributed by atoms with Crippen LogP contribution in [0.5, 0.6) is 0 Å². The Bertz CT molecular complexity index is 210. The van der Waals surface area contributed by atoms with Crippen molar-refractivity contribution in [1.29, 1.82) is 0 Å². The van der Waals surface area contributed by atoms with Crippen LogP contribution in [-0.4, -0.2) is 33.6 Å². The molecule has 15 heavy (non-hydrogen) atoms. The number of piperidine rings is 1. The molecule has 0 N–H and O–H groups in total. The van der Waals surface area contributed by atoms with Crippen LogP contribution in [0.3, 0.4) is 0 Å². The minimum Gasteiger partial charge on any atom is -0.444 e. The zero-order valence-electron chi connectivity index (χ0n) is 9.75. The second kappa shape index (κ2) is 6.38. The number of ether oxygens (including phenoxy) is 1. The molecule has 0 bridgehead atoms. The number of carbonyl (C=O) groups is 1. The summed E-state index contributed by atoms with van der Waals surface area (Å²) in [5, 5.41) is 0. The van der Waals surface area contributed by atoms with E-state index < -0.39 is 0 Å². The second-order valence-electron chi connectivity index (χ2n) is 4.64. The number of hydrogen-bond acceptors (Lipinski definition) is 2. The van der Waals surface area contributed by atoms with Crippen LogP contribution in [0.2, 0.25) is 0 Å². The fourth-order valence-electron chi connectivity index (χ4n) is 1.36. The van der Waals surface area contributed by atoms with Gasteiger partial charge in [0.1, 0.15) is 5.60 Å². The monoisotopic (exact) mass is 375 g/mol. The van der Waals surface area contributed by atoms with Gasteiger partial charge in [0.15, 0.2) is 0 Å². The van der Waals surface area contributed by atoms with Crippen LogP contribution in [0.1, 0.15) is 33.6 Å². The van der Waals surface area contributed by atoms with Crippen molar-refractivity contribution in [3.8, 4) is 0 Å². The van der Waals surface area contributed by atoms with E-state index in [1.165, 1.54) is 0 Å². The van der Waals surface area contributed by atoms with Gasteiger partial charge in [0, 0.05) is 36.5 Å². The fraction of sp³-hybridized carbons (Fsp3) is 0.900. The zero-order chi connectivity index (χ0) is 10.8. The van der Waals surface area contributed by atoms with Crippen molar-refractivity contribution in [2.24, 2.45) is 0 Å². The van der Waals surface area contributed by atoms with Crippen LogP contribution >= 0.6 is 22.6 Å². The summed E-state index contributed by atoms with van der Waals surface area (Å²) in [6, 6.07) is 0. The molecule has 0 aromatic carbocycles. The van der Waals surface area contributed by atoms with Crippen molar-refractivity contribution in [3.05, 3.63) is 0 Å². The molecular weight excluding hydrogens is 358 g/mol. The number of alkyl halides is 1. The van der Waals surface area contributed by atoms with Gasteiger partial charge in [-0.25, -0.2) is 4.79 Å². The number of rotatable bonds is 0. The number of hydrogen-bond donors (Lipinski definition) is 0. The molecular formula is C10H18INO2Zn. The van der Waals surface area contributed by atoms with Gasteiger partial charge in [-0.2, -0.15) is 0 Å². The summed E-state index contributed by atoms with van der Waals surface area (Å²) in [5.74, 6) is 0. The van der Waals surface area contributed by atoms with Crippen molar-refractivity contribution >= 4 is 28.7 Å². The molecule has 0 aromatic heterocycles. The molecule has 0 aromatic rings. The van der Waals surface area contributed by atoms with Crippen LogP contribution in [0.25, 0.3) is 0 Å². The standard InChI is InChI=1S/C10H18INO2.Zn/c1-10(2,3)14-9(13)12-6-4-8(11)5-7-12;/h8H,4-7H2,1-3H3;. The first-order valence-corrected chi connectivity index (χ1v) is 6.25. The maximum absolute atomic E-state index is 11.6. The summed E-state index contributed by atoms with van der Waals surface area (Å²) >= 11 is 2.44. The Morgan fingerprint density at radius 3 is 2.20 bits per heavy atom. The van der Waals surface area contributed by atoms with E-state index in [0.29, 0.717) is 3.92 Å². The molecule has 0 unspecified atom stereocenters. The molecule has 84 valence electrons. The Morgan fingerprint density at radius 1 is 1.33 bits per heavy atom. The van der Waals surface area contributed by atoms with Gasteiger partial charge in [-0.15, -0.1) is 0 Å².